The zero-order chi connectivity index (χ0) is 15.2. The maximum absolute atomic E-state index is 5.35. The Balaban J connectivity index is 1.85. The van der Waals surface area contributed by atoms with Gasteiger partial charge < -0.3 is 10.1 Å². The largest absolute Gasteiger partial charge is 0.385 e. The summed E-state index contributed by atoms with van der Waals surface area (Å²) in [5.74, 6) is 6.52. The maximum atomic E-state index is 5.35. The predicted molar refractivity (Wildman–Crippen MR) is 87.8 cm³/mol. The van der Waals surface area contributed by atoms with Gasteiger partial charge in [0.2, 0.25) is 0 Å². The van der Waals surface area contributed by atoms with Gasteiger partial charge in [-0.2, -0.15) is 0 Å². The standard InChI is InChI=1S/C17H20N4O/c1-2-18-15-12-14(17-16(13-15)19-5-6-20-17)4-3-7-21-8-10-22-11-9-21/h5-6,12-13,18H,2,7-11H2,1H3. The number of ether oxygens (including phenoxy) is 1. The molecule has 0 unspecified atom stereocenters. The molecule has 1 aromatic carbocycles. The predicted octanol–water partition coefficient (Wildman–Crippen LogP) is 1.75. The first-order valence-electron chi connectivity index (χ1n) is 7.64. The zero-order valence-corrected chi connectivity index (χ0v) is 12.8. The monoisotopic (exact) mass is 296 g/mol. The van der Waals surface area contributed by atoms with Gasteiger partial charge in [0.05, 0.1) is 30.8 Å². The Labute approximate surface area is 130 Å². The van der Waals surface area contributed by atoms with E-state index in [1.807, 2.05) is 12.1 Å². The van der Waals surface area contributed by atoms with Gasteiger partial charge in [0.15, 0.2) is 0 Å². The molecule has 5 heteroatoms. The lowest BCUT2D eigenvalue weighted by atomic mass is 10.1. The number of nitrogens with zero attached hydrogens (tertiary/aromatic N) is 3. The van der Waals surface area contributed by atoms with E-state index in [2.05, 4.69) is 38.9 Å². The molecule has 1 N–H and O–H groups in total. The van der Waals surface area contributed by atoms with E-state index in [0.717, 1.165) is 61.7 Å². The van der Waals surface area contributed by atoms with Crippen LogP contribution >= 0.6 is 0 Å². The van der Waals surface area contributed by atoms with Crippen molar-refractivity contribution in [1.82, 2.24) is 14.9 Å². The van der Waals surface area contributed by atoms with E-state index in [9.17, 15) is 0 Å². The van der Waals surface area contributed by atoms with Gasteiger partial charge in [0.1, 0.15) is 5.52 Å². The SMILES string of the molecule is CCNc1cc(C#CCN2CCOCC2)c2nccnc2c1. The third kappa shape index (κ3) is 3.53. The van der Waals surface area contributed by atoms with E-state index in [4.69, 9.17) is 4.74 Å². The minimum atomic E-state index is 0.760. The second-order valence-electron chi connectivity index (χ2n) is 5.17. The third-order valence-corrected chi connectivity index (χ3v) is 3.58. The van der Waals surface area contributed by atoms with Gasteiger partial charge in [-0.3, -0.25) is 14.9 Å². The highest BCUT2D eigenvalue weighted by molar-refractivity contribution is 5.84. The van der Waals surface area contributed by atoms with Crippen LogP contribution in [0.2, 0.25) is 0 Å². The highest BCUT2D eigenvalue weighted by Crippen LogP contribution is 2.19. The second-order valence-corrected chi connectivity index (χ2v) is 5.17. The fraction of sp³-hybridized carbons (Fsp3) is 0.412. The Morgan fingerprint density at radius 1 is 1.23 bits per heavy atom. The molecule has 22 heavy (non-hydrogen) atoms. The average molecular weight is 296 g/mol. The zero-order valence-electron chi connectivity index (χ0n) is 12.8. The Hall–Kier alpha value is -2.16. The van der Waals surface area contributed by atoms with Crippen LogP contribution in [0.5, 0.6) is 0 Å². The van der Waals surface area contributed by atoms with Gasteiger partial charge in [-0.05, 0) is 19.1 Å². The lowest BCUT2D eigenvalue weighted by Gasteiger charge is -2.24. The summed E-state index contributed by atoms with van der Waals surface area (Å²) in [7, 11) is 0. The summed E-state index contributed by atoms with van der Waals surface area (Å²) in [6, 6.07) is 4.06. The van der Waals surface area contributed by atoms with E-state index >= 15 is 0 Å². The first kappa shape index (κ1) is 14.8. The van der Waals surface area contributed by atoms with Gasteiger partial charge in [-0.15, -0.1) is 0 Å². The number of anilines is 1. The lowest BCUT2D eigenvalue weighted by molar-refractivity contribution is 0.0443. The Morgan fingerprint density at radius 2 is 2.05 bits per heavy atom. The van der Waals surface area contributed by atoms with Gasteiger partial charge in [-0.25, -0.2) is 0 Å². The normalized spacial score (nSPS) is 15.3. The summed E-state index contributed by atoms with van der Waals surface area (Å²) < 4.78 is 5.35. The molecular formula is C17H20N4O. The number of benzene rings is 1. The van der Waals surface area contributed by atoms with Crippen LogP contribution in [0, 0.1) is 11.8 Å². The van der Waals surface area contributed by atoms with Crippen LogP contribution < -0.4 is 5.32 Å². The topological polar surface area (TPSA) is 50.3 Å². The molecular weight excluding hydrogens is 276 g/mol. The van der Waals surface area contributed by atoms with Crippen molar-refractivity contribution in [2.75, 3.05) is 44.7 Å². The molecule has 1 aliphatic heterocycles. The van der Waals surface area contributed by atoms with E-state index < -0.39 is 0 Å². The summed E-state index contributed by atoms with van der Waals surface area (Å²) in [5, 5.41) is 3.32. The first-order chi connectivity index (χ1) is 10.9. The molecule has 0 amide bonds. The van der Waals surface area contributed by atoms with Crippen LogP contribution in [-0.2, 0) is 4.74 Å². The van der Waals surface area contributed by atoms with Gasteiger partial charge in [0, 0.05) is 37.7 Å². The second kappa shape index (κ2) is 7.21. The van der Waals surface area contributed by atoms with Crippen molar-refractivity contribution in [3.8, 4) is 11.8 Å². The van der Waals surface area contributed by atoms with Crippen LogP contribution in [0.3, 0.4) is 0 Å². The number of aromatic nitrogens is 2. The number of rotatable bonds is 3. The van der Waals surface area contributed by atoms with E-state index in [-0.39, 0.29) is 0 Å². The number of fused-ring (bicyclic) bond motifs is 1. The molecule has 114 valence electrons. The lowest BCUT2D eigenvalue weighted by Crippen LogP contribution is -2.36. The summed E-state index contributed by atoms with van der Waals surface area (Å²) in [6.45, 7) is 7.20. The molecule has 0 radical (unpaired) electrons. The molecule has 1 saturated heterocycles. The minimum Gasteiger partial charge on any atom is -0.385 e. The molecule has 1 aromatic heterocycles. The maximum Gasteiger partial charge on any atom is 0.104 e. The minimum absolute atomic E-state index is 0.760. The Bertz CT molecular complexity index is 699. The Kier molecular flexibility index (Phi) is 4.84. The number of nitrogens with one attached hydrogen (secondary N) is 1. The summed E-state index contributed by atoms with van der Waals surface area (Å²) >= 11 is 0. The Morgan fingerprint density at radius 3 is 2.86 bits per heavy atom. The highest BCUT2D eigenvalue weighted by Gasteiger charge is 2.08. The fourth-order valence-corrected chi connectivity index (χ4v) is 2.48. The van der Waals surface area contributed by atoms with Crippen LogP contribution in [0.15, 0.2) is 24.5 Å². The van der Waals surface area contributed by atoms with E-state index in [0.29, 0.717) is 0 Å². The van der Waals surface area contributed by atoms with Crippen molar-refractivity contribution in [2.45, 2.75) is 6.92 Å². The number of morpholine rings is 1. The van der Waals surface area contributed by atoms with Crippen molar-refractivity contribution in [3.63, 3.8) is 0 Å². The molecule has 0 bridgehead atoms. The molecule has 2 heterocycles. The summed E-state index contributed by atoms with van der Waals surface area (Å²) in [4.78, 5) is 11.1. The molecule has 0 spiro atoms. The van der Waals surface area contributed by atoms with Gasteiger partial charge in [0.25, 0.3) is 0 Å². The smallest absolute Gasteiger partial charge is 0.104 e. The molecule has 5 nitrogen and oxygen atoms in total. The van der Waals surface area contributed by atoms with Crippen LogP contribution in [0.4, 0.5) is 5.69 Å². The number of hydrogen-bond acceptors (Lipinski definition) is 5. The van der Waals surface area contributed by atoms with Crippen molar-refractivity contribution in [1.29, 1.82) is 0 Å². The summed E-state index contributed by atoms with van der Waals surface area (Å²) in [6.07, 6.45) is 3.42. The van der Waals surface area contributed by atoms with Crippen molar-refractivity contribution < 1.29 is 4.74 Å². The van der Waals surface area contributed by atoms with Crippen LogP contribution in [0.25, 0.3) is 11.0 Å². The van der Waals surface area contributed by atoms with Crippen molar-refractivity contribution >= 4 is 16.7 Å². The molecule has 0 atom stereocenters. The van der Waals surface area contributed by atoms with Gasteiger partial charge in [-0.1, -0.05) is 11.8 Å². The summed E-state index contributed by atoms with van der Waals surface area (Å²) in [5.41, 5.74) is 3.69. The fourth-order valence-electron chi connectivity index (χ4n) is 2.48. The molecule has 2 aromatic rings. The van der Waals surface area contributed by atoms with Gasteiger partial charge >= 0.3 is 0 Å². The molecule has 3 rings (SSSR count). The third-order valence-electron chi connectivity index (χ3n) is 3.58. The quantitative estimate of drug-likeness (QED) is 0.875. The van der Waals surface area contributed by atoms with E-state index in [1.54, 1.807) is 12.4 Å². The molecule has 1 fully saturated rings. The van der Waals surface area contributed by atoms with Crippen molar-refractivity contribution in [2.24, 2.45) is 0 Å². The molecule has 0 saturated carbocycles. The molecule has 0 aliphatic carbocycles. The first-order valence-corrected chi connectivity index (χ1v) is 7.64. The highest BCUT2D eigenvalue weighted by atomic mass is 16.5. The van der Waals surface area contributed by atoms with Crippen LogP contribution in [-0.4, -0.2) is 54.3 Å². The van der Waals surface area contributed by atoms with Crippen molar-refractivity contribution in [3.05, 3.63) is 30.1 Å². The number of hydrogen-bond donors (Lipinski definition) is 1. The molecule has 1 aliphatic rings. The van der Waals surface area contributed by atoms with E-state index in [1.165, 1.54) is 0 Å². The average Bonchev–Trinajstić information content (AvgIpc) is 2.56. The van der Waals surface area contributed by atoms with Crippen LogP contribution in [0.1, 0.15) is 12.5 Å².